The molecule has 0 saturated carbocycles. The summed E-state index contributed by atoms with van der Waals surface area (Å²) in [5, 5.41) is 3.84. The lowest BCUT2D eigenvalue weighted by molar-refractivity contribution is 0.565. The molecule has 0 unspecified atom stereocenters. The summed E-state index contributed by atoms with van der Waals surface area (Å²) in [5.41, 5.74) is 6.98. The molecule has 0 aliphatic rings. The number of aryl methyl sites for hydroxylation is 1. The van der Waals surface area contributed by atoms with E-state index in [0.29, 0.717) is 23.6 Å². The predicted octanol–water partition coefficient (Wildman–Crippen LogP) is -0.215. The number of anilines is 1. The van der Waals surface area contributed by atoms with Crippen LogP contribution >= 0.6 is 0 Å². The van der Waals surface area contributed by atoms with E-state index in [0.717, 1.165) is 4.09 Å². The Bertz CT molecular complexity index is 435. The average Bonchev–Trinajstić information content (AvgIpc) is 2.33. The van der Waals surface area contributed by atoms with Crippen molar-refractivity contribution in [2.75, 3.05) is 12.3 Å². The van der Waals surface area contributed by atoms with E-state index in [1.165, 1.54) is 0 Å². The molecule has 6 nitrogen and oxygen atoms in total. The van der Waals surface area contributed by atoms with Crippen LogP contribution in [0, 0.1) is 13.8 Å². The van der Waals surface area contributed by atoms with Crippen molar-refractivity contribution in [1.82, 2.24) is 13.9 Å². The third-order valence-electron chi connectivity index (χ3n) is 1.86. The van der Waals surface area contributed by atoms with Gasteiger partial charge in [-0.3, -0.25) is 0 Å². The van der Waals surface area contributed by atoms with Crippen LogP contribution in [0.3, 0.4) is 0 Å². The number of aromatic nitrogens is 2. The summed E-state index contributed by atoms with van der Waals surface area (Å²) in [5.74, 6) is 0. The van der Waals surface area contributed by atoms with Gasteiger partial charge in [-0.05, 0) is 13.8 Å². The van der Waals surface area contributed by atoms with E-state index in [1.54, 1.807) is 20.8 Å². The van der Waals surface area contributed by atoms with Gasteiger partial charge in [-0.25, -0.2) is 0 Å². The van der Waals surface area contributed by atoms with Crippen LogP contribution in [0.4, 0.5) is 5.69 Å². The minimum Gasteiger partial charge on any atom is -0.396 e. The van der Waals surface area contributed by atoms with Crippen molar-refractivity contribution in [2.24, 2.45) is 0 Å². The number of rotatable bonds is 3. The van der Waals surface area contributed by atoms with Crippen LogP contribution in [0.15, 0.2) is 0 Å². The van der Waals surface area contributed by atoms with E-state index in [2.05, 4.69) is 9.82 Å². The average molecular weight is 218 g/mol. The predicted molar refractivity (Wildman–Crippen MR) is 54.1 cm³/mol. The molecule has 0 aliphatic carbocycles. The molecule has 0 fully saturated rings. The van der Waals surface area contributed by atoms with E-state index in [1.807, 2.05) is 0 Å². The third kappa shape index (κ3) is 1.73. The van der Waals surface area contributed by atoms with Gasteiger partial charge in [0.25, 0.3) is 0 Å². The summed E-state index contributed by atoms with van der Waals surface area (Å²) < 4.78 is 26.4. The molecule has 0 radical (unpaired) electrons. The molecule has 7 heteroatoms. The Balaban J connectivity index is 3.27. The zero-order valence-electron chi connectivity index (χ0n) is 8.40. The maximum Gasteiger partial charge on any atom is 0.320 e. The first kappa shape index (κ1) is 11.0. The van der Waals surface area contributed by atoms with Crippen LogP contribution in [-0.4, -0.2) is 24.1 Å². The van der Waals surface area contributed by atoms with Crippen molar-refractivity contribution in [1.29, 1.82) is 0 Å². The van der Waals surface area contributed by atoms with Crippen molar-refractivity contribution in [3.05, 3.63) is 11.4 Å². The van der Waals surface area contributed by atoms with Crippen molar-refractivity contribution in [3.63, 3.8) is 0 Å². The van der Waals surface area contributed by atoms with Crippen molar-refractivity contribution in [2.45, 2.75) is 20.8 Å². The molecule has 1 aromatic heterocycles. The first-order valence-electron chi connectivity index (χ1n) is 4.22. The smallest absolute Gasteiger partial charge is 0.320 e. The minimum absolute atomic E-state index is 0.320. The van der Waals surface area contributed by atoms with Gasteiger partial charge in [-0.15, -0.1) is 4.09 Å². The molecular weight excluding hydrogens is 204 g/mol. The second-order valence-electron chi connectivity index (χ2n) is 2.93. The minimum atomic E-state index is -3.57. The Kier molecular flexibility index (Phi) is 2.81. The normalized spacial score (nSPS) is 11.9. The van der Waals surface area contributed by atoms with E-state index in [4.69, 9.17) is 5.73 Å². The molecule has 1 heterocycles. The Morgan fingerprint density at radius 1 is 1.50 bits per heavy atom. The maximum atomic E-state index is 11.6. The molecule has 0 bridgehead atoms. The highest BCUT2D eigenvalue weighted by molar-refractivity contribution is 7.87. The molecule has 3 N–H and O–H groups in total. The van der Waals surface area contributed by atoms with Crippen LogP contribution in [0.2, 0.25) is 0 Å². The molecule has 0 atom stereocenters. The molecule has 1 rings (SSSR count). The van der Waals surface area contributed by atoms with E-state index < -0.39 is 10.2 Å². The summed E-state index contributed by atoms with van der Waals surface area (Å²) in [6.45, 7) is 5.30. The van der Waals surface area contributed by atoms with E-state index in [-0.39, 0.29) is 0 Å². The number of nitrogen functional groups attached to an aromatic ring is 1. The summed E-state index contributed by atoms with van der Waals surface area (Å²) in [6.07, 6.45) is 0. The third-order valence-corrected chi connectivity index (χ3v) is 3.33. The summed E-state index contributed by atoms with van der Waals surface area (Å²) in [6, 6.07) is 0. The second-order valence-corrected chi connectivity index (χ2v) is 4.52. The SMILES string of the molecule is CCNS(=O)(=O)n1nc(C)c(N)c1C. The number of nitrogens with one attached hydrogen (secondary N) is 1. The molecule has 1 aromatic rings. The maximum absolute atomic E-state index is 11.6. The van der Waals surface area contributed by atoms with Gasteiger partial charge in [0.05, 0.1) is 17.1 Å². The quantitative estimate of drug-likeness (QED) is 0.734. The van der Waals surface area contributed by atoms with Gasteiger partial charge in [-0.1, -0.05) is 6.92 Å². The molecule has 0 saturated heterocycles. The van der Waals surface area contributed by atoms with Gasteiger partial charge in [-0.2, -0.15) is 18.2 Å². The van der Waals surface area contributed by atoms with Crippen LogP contribution in [0.5, 0.6) is 0 Å². The standard InChI is InChI=1S/C7H14N4O2S/c1-4-9-14(12,13)11-6(3)7(8)5(2)10-11/h9H,4,8H2,1-3H3. The molecule has 0 amide bonds. The van der Waals surface area contributed by atoms with Crippen molar-refractivity contribution in [3.8, 4) is 0 Å². The van der Waals surface area contributed by atoms with Crippen LogP contribution in [0.25, 0.3) is 0 Å². The van der Waals surface area contributed by atoms with Gasteiger partial charge in [0, 0.05) is 6.54 Å². The fraction of sp³-hybridized carbons (Fsp3) is 0.571. The number of nitrogens with two attached hydrogens (primary N) is 1. The van der Waals surface area contributed by atoms with Crippen LogP contribution in [0.1, 0.15) is 18.3 Å². The molecule has 80 valence electrons. The van der Waals surface area contributed by atoms with E-state index >= 15 is 0 Å². The van der Waals surface area contributed by atoms with Crippen molar-refractivity contribution >= 4 is 15.9 Å². The lowest BCUT2D eigenvalue weighted by Crippen LogP contribution is -2.31. The Morgan fingerprint density at radius 2 is 2.07 bits per heavy atom. The highest BCUT2D eigenvalue weighted by atomic mass is 32.2. The highest BCUT2D eigenvalue weighted by Crippen LogP contribution is 2.15. The Labute approximate surface area is 83.3 Å². The zero-order chi connectivity index (χ0) is 10.9. The van der Waals surface area contributed by atoms with Gasteiger partial charge in [0.2, 0.25) is 0 Å². The van der Waals surface area contributed by atoms with Crippen molar-refractivity contribution < 1.29 is 8.42 Å². The molecule has 0 spiro atoms. The first-order valence-corrected chi connectivity index (χ1v) is 5.66. The zero-order valence-corrected chi connectivity index (χ0v) is 9.22. The largest absolute Gasteiger partial charge is 0.396 e. The Morgan fingerprint density at radius 3 is 2.43 bits per heavy atom. The number of hydrogen-bond donors (Lipinski definition) is 2. The second kappa shape index (κ2) is 3.58. The van der Waals surface area contributed by atoms with Crippen LogP contribution < -0.4 is 10.5 Å². The summed E-state index contributed by atoms with van der Waals surface area (Å²) in [4.78, 5) is 0. The molecule has 14 heavy (non-hydrogen) atoms. The summed E-state index contributed by atoms with van der Waals surface area (Å²) >= 11 is 0. The Hall–Kier alpha value is -1.08. The lowest BCUT2D eigenvalue weighted by Gasteiger charge is -2.05. The highest BCUT2D eigenvalue weighted by Gasteiger charge is 2.18. The van der Waals surface area contributed by atoms with Gasteiger partial charge >= 0.3 is 10.2 Å². The lowest BCUT2D eigenvalue weighted by atomic mass is 10.3. The van der Waals surface area contributed by atoms with E-state index in [9.17, 15) is 8.42 Å². The molecule has 0 aromatic carbocycles. The van der Waals surface area contributed by atoms with Gasteiger partial charge in [0.15, 0.2) is 0 Å². The van der Waals surface area contributed by atoms with Crippen LogP contribution in [-0.2, 0) is 10.2 Å². The fourth-order valence-electron chi connectivity index (χ4n) is 1.11. The number of hydrogen-bond acceptors (Lipinski definition) is 4. The summed E-state index contributed by atoms with van der Waals surface area (Å²) in [7, 11) is -3.57. The van der Waals surface area contributed by atoms with Gasteiger partial charge < -0.3 is 5.73 Å². The molecule has 0 aliphatic heterocycles. The number of nitrogens with zero attached hydrogens (tertiary/aromatic N) is 2. The fourth-order valence-corrected chi connectivity index (χ4v) is 2.28. The first-order chi connectivity index (χ1) is 6.40. The van der Waals surface area contributed by atoms with Gasteiger partial charge in [0.1, 0.15) is 0 Å². The molecular formula is C7H14N4O2S. The monoisotopic (exact) mass is 218 g/mol. The topological polar surface area (TPSA) is 90.0 Å².